The van der Waals surface area contributed by atoms with Gasteiger partial charge in [0.15, 0.2) is 0 Å². The molecule has 3 aromatic rings. The summed E-state index contributed by atoms with van der Waals surface area (Å²) in [6.07, 6.45) is 1.12. The molecule has 0 aliphatic heterocycles. The highest BCUT2D eigenvalue weighted by atomic mass is 19.4. The molecule has 1 aliphatic carbocycles. The molecule has 1 saturated carbocycles. The second-order valence-corrected chi connectivity index (χ2v) is 8.72. The molecule has 1 aliphatic rings. The van der Waals surface area contributed by atoms with Gasteiger partial charge in [0.05, 0.1) is 17.4 Å². The maximum atomic E-state index is 12.6. The van der Waals surface area contributed by atoms with Crippen LogP contribution in [0.3, 0.4) is 0 Å². The van der Waals surface area contributed by atoms with Crippen molar-refractivity contribution in [3.8, 4) is 17.0 Å². The minimum absolute atomic E-state index is 0.218. The Morgan fingerprint density at radius 1 is 1.11 bits per heavy atom. The standard InChI is InChI=1S/C25H26F3N7O2/c26-25(27,28)37-21-12-10-17(11-13-21)22-15-19(34-35(22)20-4-2-1-3-5-20)14-16-6-8-18(9-7-16)23(36)31-24(32-29)33-30/h6-13,15,20,29H,1-5,14,30H2,(H,31,33,36). The molecule has 1 aromatic heterocycles. The summed E-state index contributed by atoms with van der Waals surface area (Å²) >= 11 is 0. The molecule has 0 radical (unpaired) electrons. The van der Waals surface area contributed by atoms with E-state index in [9.17, 15) is 18.0 Å². The van der Waals surface area contributed by atoms with Crippen molar-refractivity contribution in [2.24, 2.45) is 16.1 Å². The molecule has 0 bridgehead atoms. The largest absolute Gasteiger partial charge is 0.573 e. The maximum Gasteiger partial charge on any atom is 0.573 e. The van der Waals surface area contributed by atoms with E-state index in [1.807, 2.05) is 10.7 Å². The Morgan fingerprint density at radius 3 is 2.38 bits per heavy atom. The second kappa shape index (κ2) is 11.2. The van der Waals surface area contributed by atoms with Crippen LogP contribution < -0.4 is 15.9 Å². The molecule has 2 aromatic carbocycles. The first kappa shape index (κ1) is 25.9. The summed E-state index contributed by atoms with van der Waals surface area (Å²) in [7, 11) is 0. The highest BCUT2D eigenvalue weighted by Crippen LogP contribution is 2.34. The van der Waals surface area contributed by atoms with Gasteiger partial charge in [0.25, 0.3) is 11.9 Å². The number of aromatic nitrogens is 2. The van der Waals surface area contributed by atoms with Gasteiger partial charge < -0.3 is 10.6 Å². The lowest BCUT2D eigenvalue weighted by Gasteiger charge is -2.24. The summed E-state index contributed by atoms with van der Waals surface area (Å²) in [4.78, 5) is 12.2. The van der Waals surface area contributed by atoms with Crippen LogP contribution in [0.25, 0.3) is 11.3 Å². The first-order valence-corrected chi connectivity index (χ1v) is 11.8. The van der Waals surface area contributed by atoms with Crippen molar-refractivity contribution in [2.75, 3.05) is 0 Å². The molecule has 194 valence electrons. The molecule has 1 heterocycles. The molecule has 37 heavy (non-hydrogen) atoms. The number of nitrogens with zero attached hydrogens (tertiary/aromatic N) is 4. The fourth-order valence-electron chi connectivity index (χ4n) is 4.42. The van der Waals surface area contributed by atoms with Crippen molar-refractivity contribution in [3.05, 3.63) is 71.4 Å². The van der Waals surface area contributed by atoms with Crippen LogP contribution in [0.5, 0.6) is 5.75 Å². The van der Waals surface area contributed by atoms with Crippen molar-refractivity contribution in [2.45, 2.75) is 50.9 Å². The Morgan fingerprint density at radius 2 is 1.78 bits per heavy atom. The second-order valence-electron chi connectivity index (χ2n) is 8.72. The van der Waals surface area contributed by atoms with E-state index in [2.05, 4.69) is 20.3 Å². The number of carbonyl (C=O) groups excluding carboxylic acids is 1. The molecular weight excluding hydrogens is 487 g/mol. The van der Waals surface area contributed by atoms with E-state index in [4.69, 9.17) is 16.5 Å². The number of nitrogens with one attached hydrogen (secondary N) is 2. The third-order valence-electron chi connectivity index (χ3n) is 6.15. The Bertz CT molecular complexity index is 1260. The van der Waals surface area contributed by atoms with Gasteiger partial charge in [0.2, 0.25) is 0 Å². The molecule has 12 heteroatoms. The number of guanidine groups is 1. The van der Waals surface area contributed by atoms with Crippen LogP contribution in [0.15, 0.2) is 64.8 Å². The van der Waals surface area contributed by atoms with E-state index in [0.29, 0.717) is 12.0 Å². The predicted octanol–water partition coefficient (Wildman–Crippen LogP) is 5.54. The van der Waals surface area contributed by atoms with E-state index in [0.717, 1.165) is 48.2 Å². The van der Waals surface area contributed by atoms with Crippen molar-refractivity contribution >= 4 is 11.9 Å². The smallest absolute Gasteiger partial charge is 0.406 e. The van der Waals surface area contributed by atoms with Gasteiger partial charge in [-0.1, -0.05) is 31.4 Å². The number of alkyl halides is 3. The number of nitrogens with two attached hydrogens (primary N) is 1. The van der Waals surface area contributed by atoms with Crippen molar-refractivity contribution in [1.82, 2.24) is 15.1 Å². The van der Waals surface area contributed by atoms with Gasteiger partial charge in [-0.3, -0.25) is 14.8 Å². The van der Waals surface area contributed by atoms with E-state index >= 15 is 0 Å². The molecule has 1 fully saturated rings. The van der Waals surface area contributed by atoms with Gasteiger partial charge in [-0.2, -0.15) is 5.10 Å². The van der Waals surface area contributed by atoms with Crippen LogP contribution in [0.4, 0.5) is 13.2 Å². The Kier molecular flexibility index (Phi) is 7.85. The number of carbonyl (C=O) groups is 1. The molecule has 4 rings (SSSR count). The summed E-state index contributed by atoms with van der Waals surface area (Å²) in [5.41, 5.74) is 10.6. The fourth-order valence-corrected chi connectivity index (χ4v) is 4.42. The summed E-state index contributed by atoms with van der Waals surface area (Å²) in [5.74, 6) is 4.00. The predicted molar refractivity (Wildman–Crippen MR) is 130 cm³/mol. The average molecular weight is 514 g/mol. The zero-order chi connectivity index (χ0) is 26.4. The van der Waals surface area contributed by atoms with Gasteiger partial charge >= 0.3 is 6.36 Å². The van der Waals surface area contributed by atoms with E-state index in [-0.39, 0.29) is 17.8 Å². The van der Waals surface area contributed by atoms with Crippen molar-refractivity contribution in [3.63, 3.8) is 0 Å². The van der Waals surface area contributed by atoms with E-state index in [1.54, 1.807) is 36.4 Å². The zero-order valence-corrected chi connectivity index (χ0v) is 19.8. The number of ether oxygens (including phenoxy) is 1. The lowest BCUT2D eigenvalue weighted by atomic mass is 9.95. The Hall–Kier alpha value is -4.22. The topological polar surface area (TPSA) is 131 Å². The molecule has 4 N–H and O–H groups in total. The molecular formula is C25H26F3N7O2. The van der Waals surface area contributed by atoms with E-state index in [1.165, 1.54) is 18.6 Å². The first-order valence-electron chi connectivity index (χ1n) is 11.8. The summed E-state index contributed by atoms with van der Waals surface area (Å²) < 4.78 is 43.7. The minimum atomic E-state index is -4.74. The van der Waals surface area contributed by atoms with E-state index < -0.39 is 12.3 Å². The monoisotopic (exact) mass is 513 g/mol. The highest BCUT2D eigenvalue weighted by Gasteiger charge is 2.31. The van der Waals surface area contributed by atoms with Crippen LogP contribution in [-0.2, 0) is 6.42 Å². The number of hydrogen-bond acceptors (Lipinski definition) is 6. The maximum absolute atomic E-state index is 12.6. The zero-order valence-electron chi connectivity index (χ0n) is 19.8. The first-order chi connectivity index (χ1) is 17.8. The lowest BCUT2D eigenvalue weighted by Crippen LogP contribution is -2.29. The van der Waals surface area contributed by atoms with Crippen molar-refractivity contribution in [1.29, 1.82) is 5.53 Å². The third kappa shape index (κ3) is 6.72. The molecule has 0 spiro atoms. The summed E-state index contributed by atoms with van der Waals surface area (Å²) in [6.45, 7) is 0. The highest BCUT2D eigenvalue weighted by molar-refractivity contribution is 6.05. The van der Waals surface area contributed by atoms with Crippen LogP contribution in [0.1, 0.15) is 59.8 Å². The molecule has 1 amide bonds. The molecule has 0 unspecified atom stereocenters. The number of benzene rings is 2. The lowest BCUT2D eigenvalue weighted by molar-refractivity contribution is -0.274. The van der Waals surface area contributed by atoms with Crippen LogP contribution in [-0.4, -0.2) is 28.0 Å². The van der Waals surface area contributed by atoms with Gasteiger partial charge in [-0.05, 0) is 60.9 Å². The van der Waals surface area contributed by atoms with Crippen molar-refractivity contribution < 1.29 is 22.7 Å². The van der Waals surface area contributed by atoms with Gasteiger partial charge in [-0.15, -0.1) is 23.4 Å². The normalized spacial score (nSPS) is 14.8. The summed E-state index contributed by atoms with van der Waals surface area (Å²) in [6, 6.07) is 14.9. The Labute approximate surface area is 211 Å². The van der Waals surface area contributed by atoms with Crippen LogP contribution >= 0.6 is 0 Å². The fraction of sp³-hybridized carbons (Fsp3) is 0.320. The summed E-state index contributed by atoms with van der Waals surface area (Å²) in [5, 5.41) is 13.4. The Balaban J connectivity index is 1.56. The van der Waals surface area contributed by atoms with Gasteiger partial charge in [0, 0.05) is 17.5 Å². The van der Waals surface area contributed by atoms with Gasteiger partial charge in [-0.25, -0.2) is 5.53 Å². The SMILES string of the molecule is N=N/C(=N\N)NC(=O)c1ccc(Cc2cc(-c3ccc(OC(F)(F)F)cc3)n(C3CCCCC3)n2)cc1. The average Bonchev–Trinajstić information content (AvgIpc) is 3.31. The number of hydrazone groups is 1. The third-order valence-corrected chi connectivity index (χ3v) is 6.15. The number of halogens is 3. The minimum Gasteiger partial charge on any atom is -0.406 e. The molecule has 0 saturated heterocycles. The quantitative estimate of drug-likeness (QED) is 0.131. The number of amides is 1. The van der Waals surface area contributed by atoms with Gasteiger partial charge in [0.1, 0.15) is 5.75 Å². The number of hydrogen-bond donors (Lipinski definition) is 3. The van der Waals surface area contributed by atoms with Crippen LogP contribution in [0, 0.1) is 5.53 Å². The van der Waals surface area contributed by atoms with Crippen LogP contribution in [0.2, 0.25) is 0 Å². The molecule has 9 nitrogen and oxygen atoms in total. The molecule has 0 atom stereocenters. The number of rotatable bonds is 6.